The Labute approximate surface area is 185 Å². The smallest absolute Gasteiger partial charge is 0.550 e. The molecule has 15 N–H and O–H groups in total. The van der Waals surface area contributed by atoms with Gasteiger partial charge in [-0.05, 0) is 0 Å². The first kappa shape index (κ1) is 50.3. The molecule has 0 radical (unpaired) electrons. The van der Waals surface area contributed by atoms with Crippen LogP contribution >= 0.6 is 0 Å². The Hall–Kier alpha value is -1.67. The molecule has 0 aliphatic heterocycles. The molecule has 0 aliphatic rings. The summed E-state index contributed by atoms with van der Waals surface area (Å²) in [7, 11) is 0. The first-order chi connectivity index (χ1) is 9.81. The van der Waals surface area contributed by atoms with E-state index in [4.69, 9.17) is 25.5 Å². The molecule has 0 aromatic heterocycles. The van der Waals surface area contributed by atoms with Gasteiger partial charge in [0.05, 0.1) is 24.9 Å². The van der Waals surface area contributed by atoms with Crippen LogP contribution in [0, 0.1) is 0 Å². The Balaban J connectivity index is -0.0000000407. The van der Waals surface area contributed by atoms with Gasteiger partial charge >= 0.3 is 55.6 Å². The molecule has 0 heterocycles. The van der Waals surface area contributed by atoms with Crippen molar-refractivity contribution < 1.29 is 87.1 Å². The third-order valence-corrected chi connectivity index (χ3v) is 1.92. The van der Waals surface area contributed by atoms with Gasteiger partial charge in [0.15, 0.2) is 5.60 Å². The third-order valence-electron chi connectivity index (χ3n) is 1.92. The maximum Gasteiger partial charge on any atom is 2.00 e. The first-order valence-electron chi connectivity index (χ1n) is 5.30. The van der Waals surface area contributed by atoms with Crippen molar-refractivity contribution in [1.29, 1.82) is 0 Å². The van der Waals surface area contributed by atoms with Crippen LogP contribution in [0.1, 0.15) is 19.3 Å². The van der Waals surface area contributed by atoms with Crippen molar-refractivity contribution in [3.05, 3.63) is 0 Å². The molecule has 18 heteroatoms. The van der Waals surface area contributed by atoms with Crippen LogP contribution in [0.3, 0.4) is 0 Å². The summed E-state index contributed by atoms with van der Waals surface area (Å²) < 4.78 is 0. The molecular weight excluding hydrogens is 432 g/mol. The van der Waals surface area contributed by atoms with Gasteiger partial charge in [0.1, 0.15) is 0 Å². The van der Waals surface area contributed by atoms with Crippen molar-refractivity contribution in [2.75, 3.05) is 0 Å². The van der Waals surface area contributed by atoms with Gasteiger partial charge in [-0.3, -0.25) is 9.59 Å². The predicted molar refractivity (Wildman–Crippen MR) is 81.6 cm³/mol. The third kappa shape index (κ3) is 26.6. The second kappa shape index (κ2) is 23.4. The minimum Gasteiger partial charge on any atom is -0.550 e. The van der Waals surface area contributed by atoms with Crippen LogP contribution in [0.25, 0.3) is 0 Å². The standard InChI is InChI=1S/C6H8O7.C4H6O5.Ca.5H2O/c7-3(8)1-6(13,5(11)12)2-4(9)10;5-2(4(8)9)1-3(6)7;;;;;;/h13H,1-2H2,(H,7,8)(H,9,10)(H,11,12);2,5H,1H2,(H,6,7)(H,8,9);;5*1H2/q;;+2;;;;;/p-2. The molecule has 1 atom stereocenters. The molecule has 0 saturated heterocycles. The van der Waals surface area contributed by atoms with Crippen LogP contribution in [0.15, 0.2) is 0 Å². The minimum absolute atomic E-state index is 0. The van der Waals surface area contributed by atoms with Crippen molar-refractivity contribution in [1.82, 2.24) is 0 Å². The van der Waals surface area contributed by atoms with Crippen LogP contribution < -0.4 is 10.2 Å². The molecule has 0 bridgehead atoms. The van der Waals surface area contributed by atoms with Crippen LogP contribution in [0.4, 0.5) is 0 Å². The van der Waals surface area contributed by atoms with Crippen molar-refractivity contribution in [3.8, 4) is 0 Å². The van der Waals surface area contributed by atoms with Crippen molar-refractivity contribution in [2.24, 2.45) is 0 Å². The largest absolute Gasteiger partial charge is 2.00 e. The van der Waals surface area contributed by atoms with Crippen molar-refractivity contribution in [3.63, 3.8) is 0 Å². The molecule has 17 nitrogen and oxygen atoms in total. The van der Waals surface area contributed by atoms with E-state index in [0.717, 1.165) is 0 Å². The van der Waals surface area contributed by atoms with E-state index in [0.29, 0.717) is 0 Å². The van der Waals surface area contributed by atoms with Crippen molar-refractivity contribution in [2.45, 2.75) is 31.0 Å². The number of carbonyl (C=O) groups excluding carboxylic acids is 2. The maximum atomic E-state index is 10.3. The van der Waals surface area contributed by atoms with Gasteiger partial charge in [-0.2, -0.15) is 0 Å². The second-order valence-corrected chi connectivity index (χ2v) is 3.89. The molecule has 0 aromatic rings. The molecule has 0 aromatic carbocycles. The van der Waals surface area contributed by atoms with Crippen LogP contribution in [-0.4, -0.2) is 132 Å². The molecule has 0 amide bonds. The number of carboxylic acids is 5. The quantitative estimate of drug-likeness (QED) is 0.213. The van der Waals surface area contributed by atoms with Crippen LogP contribution in [0.2, 0.25) is 0 Å². The average Bonchev–Trinajstić information content (AvgIpc) is 2.25. The number of hydrogen-bond donors (Lipinski definition) is 5. The second-order valence-electron chi connectivity index (χ2n) is 3.89. The molecule has 0 rings (SSSR count). The summed E-state index contributed by atoms with van der Waals surface area (Å²) in [5, 5.41) is 61.2. The van der Waals surface area contributed by atoms with Gasteiger partial charge in [0.2, 0.25) is 0 Å². The number of aliphatic hydroxyl groups excluding tert-OH is 1. The minimum atomic E-state index is -2.74. The first-order valence-corrected chi connectivity index (χ1v) is 5.30. The summed E-state index contributed by atoms with van der Waals surface area (Å²) in [5.41, 5.74) is -2.74. The van der Waals surface area contributed by atoms with Gasteiger partial charge in [-0.1, -0.05) is 0 Å². The van der Waals surface area contributed by atoms with Crippen molar-refractivity contribution >= 4 is 67.6 Å². The summed E-state index contributed by atoms with van der Waals surface area (Å²) in [6.45, 7) is 0. The normalized spacial score (nSPS) is 9.07. The van der Waals surface area contributed by atoms with E-state index in [1.165, 1.54) is 0 Å². The molecule has 0 spiro atoms. The Morgan fingerprint density at radius 3 is 1.18 bits per heavy atom. The Morgan fingerprint density at radius 2 is 1.07 bits per heavy atom. The predicted octanol–water partition coefficient (Wildman–Crippen LogP) is -9.52. The Kier molecular flexibility index (Phi) is 42.0. The number of aliphatic carboxylic acids is 5. The fraction of sp³-hybridized carbons (Fsp3) is 0.500. The zero-order valence-corrected chi connectivity index (χ0v) is 16.2. The fourth-order valence-electron chi connectivity index (χ4n) is 0.955. The van der Waals surface area contributed by atoms with Gasteiger partial charge in [0.25, 0.3) is 0 Å². The number of carbonyl (C=O) groups is 5. The van der Waals surface area contributed by atoms with E-state index in [-0.39, 0.29) is 65.1 Å². The number of aliphatic hydroxyl groups is 2. The van der Waals surface area contributed by atoms with E-state index >= 15 is 0 Å². The number of hydrogen-bond acceptors (Lipinski definition) is 9. The van der Waals surface area contributed by atoms with Crippen LogP contribution in [-0.2, 0) is 24.0 Å². The average molecular weight is 454 g/mol. The van der Waals surface area contributed by atoms with Gasteiger partial charge in [-0.15, -0.1) is 0 Å². The summed E-state index contributed by atoms with van der Waals surface area (Å²) in [4.78, 5) is 49.6. The molecule has 0 saturated carbocycles. The monoisotopic (exact) mass is 454 g/mol. The summed E-state index contributed by atoms with van der Waals surface area (Å²) in [6, 6.07) is 0. The van der Waals surface area contributed by atoms with E-state index in [9.17, 15) is 34.2 Å². The SMILES string of the molecule is O.O.O.O.O.O=C(O)CC(O)(CC(=O)O)C(=O)O.O=C([O-])CC(O)C(=O)[O-].[Ca+2]. The zero-order valence-electron chi connectivity index (χ0n) is 14.0. The maximum absolute atomic E-state index is 10.3. The van der Waals surface area contributed by atoms with Crippen LogP contribution in [0.5, 0.6) is 0 Å². The number of rotatable bonds is 8. The summed E-state index contributed by atoms with van der Waals surface area (Å²) in [6.07, 6.45) is -5.18. The van der Waals surface area contributed by atoms with E-state index in [1.807, 2.05) is 0 Å². The Morgan fingerprint density at radius 1 is 0.786 bits per heavy atom. The molecular formula is C10H22CaO17. The molecule has 28 heavy (non-hydrogen) atoms. The molecule has 1 unspecified atom stereocenters. The summed E-state index contributed by atoms with van der Waals surface area (Å²) in [5.74, 6) is -8.44. The molecule has 0 aliphatic carbocycles. The topological polar surface area (TPSA) is 390 Å². The molecule has 166 valence electrons. The van der Waals surface area contributed by atoms with E-state index in [1.54, 1.807) is 0 Å². The van der Waals surface area contributed by atoms with Gasteiger partial charge < -0.3 is 72.7 Å². The number of carboxylic acid groups (broad SMARTS) is 5. The van der Waals surface area contributed by atoms with E-state index in [2.05, 4.69) is 0 Å². The van der Waals surface area contributed by atoms with Gasteiger partial charge in [0, 0.05) is 12.4 Å². The van der Waals surface area contributed by atoms with E-state index < -0.39 is 60.8 Å². The Bertz CT molecular complexity index is 447. The fourth-order valence-corrected chi connectivity index (χ4v) is 0.955. The van der Waals surface area contributed by atoms with Gasteiger partial charge in [-0.25, -0.2) is 4.79 Å². The zero-order chi connectivity index (χ0) is 18.1. The molecule has 0 fully saturated rings. The summed E-state index contributed by atoms with van der Waals surface area (Å²) >= 11 is 0.